The van der Waals surface area contributed by atoms with Crippen LogP contribution in [-0.4, -0.2) is 13.1 Å². The number of hydrogen-bond acceptors (Lipinski definition) is 1. The molecular formula is C17H29N. The first kappa shape index (κ1) is 15.2. The van der Waals surface area contributed by atoms with E-state index in [0.717, 1.165) is 19.5 Å². The number of nitrogens with one attached hydrogen (secondary N) is 1. The minimum absolute atomic E-state index is 0.335. The predicted octanol–water partition coefficient (Wildman–Crippen LogP) is 4.20. The van der Waals surface area contributed by atoms with Gasteiger partial charge < -0.3 is 5.32 Å². The molecule has 1 atom stereocenters. The molecule has 0 amide bonds. The molecule has 1 aromatic carbocycles. The third-order valence-electron chi connectivity index (χ3n) is 4.21. The molecule has 1 nitrogen and oxygen atoms in total. The van der Waals surface area contributed by atoms with Gasteiger partial charge in [-0.05, 0) is 48.8 Å². The zero-order valence-electron chi connectivity index (χ0n) is 12.7. The molecule has 0 saturated carbocycles. The van der Waals surface area contributed by atoms with Crippen LogP contribution in [-0.2, 0) is 6.42 Å². The van der Waals surface area contributed by atoms with E-state index < -0.39 is 0 Å². The summed E-state index contributed by atoms with van der Waals surface area (Å²) >= 11 is 0. The van der Waals surface area contributed by atoms with Gasteiger partial charge in [-0.25, -0.2) is 0 Å². The third kappa shape index (κ3) is 4.13. The second kappa shape index (κ2) is 6.94. The van der Waals surface area contributed by atoms with Crippen LogP contribution in [0.2, 0.25) is 0 Å². The molecule has 0 bridgehead atoms. The van der Waals surface area contributed by atoms with Crippen molar-refractivity contribution < 1.29 is 0 Å². The summed E-state index contributed by atoms with van der Waals surface area (Å²) < 4.78 is 0. The lowest BCUT2D eigenvalue weighted by Gasteiger charge is -2.35. The van der Waals surface area contributed by atoms with Crippen LogP contribution in [0.25, 0.3) is 0 Å². The largest absolute Gasteiger partial charge is 0.316 e. The fraction of sp³-hybridized carbons (Fsp3) is 0.647. The second-order valence-corrected chi connectivity index (χ2v) is 6.09. The Balaban J connectivity index is 2.76. The van der Waals surface area contributed by atoms with Crippen molar-refractivity contribution in [3.8, 4) is 0 Å². The summed E-state index contributed by atoms with van der Waals surface area (Å²) in [5.41, 5.74) is 3.24. The lowest BCUT2D eigenvalue weighted by molar-refractivity contribution is 0.207. The monoisotopic (exact) mass is 247 g/mol. The summed E-state index contributed by atoms with van der Waals surface area (Å²) in [6.07, 6.45) is 2.37. The molecule has 18 heavy (non-hydrogen) atoms. The molecule has 0 aliphatic heterocycles. The van der Waals surface area contributed by atoms with E-state index >= 15 is 0 Å². The van der Waals surface area contributed by atoms with E-state index in [9.17, 15) is 0 Å². The van der Waals surface area contributed by atoms with Crippen LogP contribution in [0, 0.1) is 18.3 Å². The van der Waals surface area contributed by atoms with Crippen LogP contribution >= 0.6 is 0 Å². The van der Waals surface area contributed by atoms with Gasteiger partial charge in [-0.15, -0.1) is 0 Å². The van der Waals surface area contributed by atoms with E-state index in [1.54, 1.807) is 0 Å². The molecule has 1 heteroatoms. The molecule has 0 spiro atoms. The van der Waals surface area contributed by atoms with Gasteiger partial charge >= 0.3 is 0 Å². The third-order valence-corrected chi connectivity index (χ3v) is 4.21. The maximum atomic E-state index is 3.60. The average Bonchev–Trinajstić information content (AvgIpc) is 2.32. The minimum atomic E-state index is 0.335. The highest BCUT2D eigenvalue weighted by Gasteiger charge is 2.28. The van der Waals surface area contributed by atoms with Crippen molar-refractivity contribution in [2.24, 2.45) is 11.3 Å². The van der Waals surface area contributed by atoms with Gasteiger partial charge in [-0.3, -0.25) is 0 Å². The Morgan fingerprint density at radius 1 is 1.22 bits per heavy atom. The van der Waals surface area contributed by atoms with E-state index in [1.165, 1.54) is 17.5 Å². The van der Waals surface area contributed by atoms with E-state index in [1.807, 2.05) is 0 Å². The minimum Gasteiger partial charge on any atom is -0.316 e. The van der Waals surface area contributed by atoms with Crippen LogP contribution in [0.4, 0.5) is 0 Å². The maximum Gasteiger partial charge on any atom is 0.00108 e. The topological polar surface area (TPSA) is 12.0 Å². The second-order valence-electron chi connectivity index (χ2n) is 6.09. The van der Waals surface area contributed by atoms with Crippen LogP contribution in [0.15, 0.2) is 24.3 Å². The Morgan fingerprint density at radius 3 is 2.44 bits per heavy atom. The highest BCUT2D eigenvalue weighted by Crippen LogP contribution is 2.31. The summed E-state index contributed by atoms with van der Waals surface area (Å²) in [6, 6.07) is 8.77. The van der Waals surface area contributed by atoms with Crippen molar-refractivity contribution in [1.29, 1.82) is 0 Å². The Bertz CT molecular complexity index is 356. The van der Waals surface area contributed by atoms with Gasteiger partial charge in [0.2, 0.25) is 0 Å². The fourth-order valence-corrected chi connectivity index (χ4v) is 2.26. The first-order valence-electron chi connectivity index (χ1n) is 7.25. The summed E-state index contributed by atoms with van der Waals surface area (Å²) in [5, 5.41) is 3.60. The quantitative estimate of drug-likeness (QED) is 0.712. The van der Waals surface area contributed by atoms with Gasteiger partial charge in [0.15, 0.2) is 0 Å². The average molecular weight is 247 g/mol. The molecule has 0 saturated heterocycles. The van der Waals surface area contributed by atoms with Gasteiger partial charge in [0, 0.05) is 6.54 Å². The molecule has 102 valence electrons. The normalized spacial score (nSPS) is 14.8. The molecule has 0 aliphatic carbocycles. The van der Waals surface area contributed by atoms with Crippen molar-refractivity contribution in [2.45, 2.75) is 47.5 Å². The van der Waals surface area contributed by atoms with E-state index in [-0.39, 0.29) is 0 Å². The van der Waals surface area contributed by atoms with Crippen molar-refractivity contribution >= 4 is 0 Å². The highest BCUT2D eigenvalue weighted by molar-refractivity contribution is 5.26. The molecule has 0 fully saturated rings. The number of rotatable bonds is 7. The Morgan fingerprint density at radius 2 is 1.89 bits per heavy atom. The van der Waals surface area contributed by atoms with Crippen LogP contribution in [0.3, 0.4) is 0 Å². The first-order chi connectivity index (χ1) is 8.49. The van der Waals surface area contributed by atoms with Gasteiger partial charge in [-0.2, -0.15) is 0 Å². The van der Waals surface area contributed by atoms with E-state index in [2.05, 4.69) is 64.2 Å². The number of hydrogen-bond donors (Lipinski definition) is 1. The van der Waals surface area contributed by atoms with Crippen molar-refractivity contribution in [3.05, 3.63) is 35.4 Å². The maximum absolute atomic E-state index is 3.60. The predicted molar refractivity (Wildman–Crippen MR) is 81.0 cm³/mol. The first-order valence-corrected chi connectivity index (χ1v) is 7.25. The van der Waals surface area contributed by atoms with E-state index in [4.69, 9.17) is 0 Å². The lowest BCUT2D eigenvalue weighted by atomic mass is 9.73. The van der Waals surface area contributed by atoms with Crippen LogP contribution in [0.1, 0.15) is 45.2 Å². The molecule has 1 rings (SSSR count). The molecule has 1 N–H and O–H groups in total. The zero-order valence-corrected chi connectivity index (χ0v) is 12.7. The molecule has 1 unspecified atom stereocenters. The highest BCUT2D eigenvalue weighted by atomic mass is 14.9. The Kier molecular flexibility index (Phi) is 5.87. The molecule has 0 aromatic heterocycles. The van der Waals surface area contributed by atoms with Crippen LogP contribution in [0.5, 0.6) is 0 Å². The van der Waals surface area contributed by atoms with Gasteiger partial charge in [0.05, 0.1) is 0 Å². The molecule has 0 heterocycles. The Hall–Kier alpha value is -0.820. The SMILES string of the molecule is CCCNCC(C)(Cc1ccccc1C)C(C)C. The number of aryl methyl sites for hydroxylation is 1. The summed E-state index contributed by atoms with van der Waals surface area (Å²) in [4.78, 5) is 0. The van der Waals surface area contributed by atoms with E-state index in [0.29, 0.717) is 11.3 Å². The number of benzene rings is 1. The smallest absolute Gasteiger partial charge is 0.00108 e. The summed E-state index contributed by atoms with van der Waals surface area (Å²) in [5.74, 6) is 0.682. The molecule has 0 radical (unpaired) electrons. The summed E-state index contributed by atoms with van der Waals surface area (Å²) in [7, 11) is 0. The van der Waals surface area contributed by atoms with Gasteiger partial charge in [0.1, 0.15) is 0 Å². The van der Waals surface area contributed by atoms with Gasteiger partial charge in [0.25, 0.3) is 0 Å². The standard InChI is InChI=1S/C17H29N/c1-6-11-18-13-17(5,14(2)3)12-16-10-8-7-9-15(16)4/h7-10,14,18H,6,11-13H2,1-5H3. The molecular weight excluding hydrogens is 218 g/mol. The summed E-state index contributed by atoms with van der Waals surface area (Å²) in [6.45, 7) is 13.8. The van der Waals surface area contributed by atoms with Crippen molar-refractivity contribution in [1.82, 2.24) is 5.32 Å². The lowest BCUT2D eigenvalue weighted by Crippen LogP contribution is -2.38. The van der Waals surface area contributed by atoms with Crippen molar-refractivity contribution in [3.63, 3.8) is 0 Å². The fourth-order valence-electron chi connectivity index (χ4n) is 2.26. The molecule has 1 aromatic rings. The molecule has 0 aliphatic rings. The van der Waals surface area contributed by atoms with Gasteiger partial charge in [-0.1, -0.05) is 52.0 Å². The van der Waals surface area contributed by atoms with Crippen molar-refractivity contribution in [2.75, 3.05) is 13.1 Å². The van der Waals surface area contributed by atoms with Crippen LogP contribution < -0.4 is 5.32 Å². The zero-order chi connectivity index (χ0) is 13.6. The Labute approximate surface area is 113 Å².